The number of amides is 2. The van der Waals surface area contributed by atoms with Gasteiger partial charge >= 0.3 is 0 Å². The van der Waals surface area contributed by atoms with Gasteiger partial charge in [-0.2, -0.15) is 0 Å². The fraction of sp³-hybridized carbons (Fsp3) is 0.333. The Bertz CT molecular complexity index is 1410. The van der Waals surface area contributed by atoms with E-state index in [-0.39, 0.29) is 33.7 Å². The van der Waals surface area contributed by atoms with Gasteiger partial charge in [-0.15, -0.1) is 0 Å². The van der Waals surface area contributed by atoms with Crippen molar-refractivity contribution < 1.29 is 23.1 Å². The summed E-state index contributed by atoms with van der Waals surface area (Å²) in [5, 5.41) is 19.6. The van der Waals surface area contributed by atoms with E-state index in [4.69, 9.17) is 0 Å². The molecule has 1 aliphatic rings. The lowest BCUT2D eigenvalue weighted by Crippen LogP contribution is -2.51. The lowest BCUT2D eigenvalue weighted by atomic mass is 9.97. The van der Waals surface area contributed by atoms with Crippen molar-refractivity contribution in [2.24, 2.45) is 11.8 Å². The normalized spacial score (nSPS) is 14.9. The molecule has 1 saturated heterocycles. The molecule has 4 N–H and O–H groups in total. The van der Waals surface area contributed by atoms with E-state index in [1.54, 1.807) is 42.5 Å². The Hall–Kier alpha value is -3.89. The van der Waals surface area contributed by atoms with E-state index in [9.17, 15) is 23.1 Å². The van der Waals surface area contributed by atoms with Crippen LogP contribution < -0.4 is 20.3 Å². The molecular formula is C30H36N4O5S. The minimum Gasteiger partial charge on any atom is -0.506 e. The third-order valence-electron chi connectivity index (χ3n) is 7.01. The lowest BCUT2D eigenvalue weighted by molar-refractivity contribution is -0.124. The minimum absolute atomic E-state index is 0.0590. The zero-order chi connectivity index (χ0) is 28.7. The number of benzene rings is 3. The summed E-state index contributed by atoms with van der Waals surface area (Å²) >= 11 is 0. The number of nitrogens with one attached hydrogen (secondary N) is 3. The summed E-state index contributed by atoms with van der Waals surface area (Å²) in [7, 11) is -4.17. The van der Waals surface area contributed by atoms with Gasteiger partial charge in [0.2, 0.25) is 5.91 Å². The second kappa shape index (κ2) is 13.0. The maximum atomic E-state index is 13.8. The number of phenolic OH excluding ortho intramolecular Hbond substituents is 1. The molecule has 0 saturated carbocycles. The fourth-order valence-corrected chi connectivity index (χ4v) is 6.19. The van der Waals surface area contributed by atoms with Crippen LogP contribution in [0.2, 0.25) is 0 Å². The van der Waals surface area contributed by atoms with Gasteiger partial charge in [0.1, 0.15) is 11.8 Å². The van der Waals surface area contributed by atoms with E-state index < -0.39 is 22.0 Å². The molecule has 1 atom stereocenters. The molecule has 212 valence electrons. The minimum atomic E-state index is -4.17. The topological polar surface area (TPSA) is 128 Å². The average Bonchev–Trinajstić information content (AvgIpc) is 2.96. The first-order chi connectivity index (χ1) is 19.2. The molecule has 1 aliphatic heterocycles. The molecule has 1 unspecified atom stereocenters. The van der Waals surface area contributed by atoms with E-state index in [2.05, 4.69) is 16.0 Å². The standard InChI is InChI=1S/C30H36N4O5S/c1-21(2)28(30(37)32-20-22-16-18-31-19-17-22)33-29(36)23-12-14-25(15-13-23)40(38,39)34(24-8-4-3-5-9-24)26-10-6-7-11-27(26)35/h3-15,21-22,28,31,35H,16-20H2,1-2H3,(H,32,37)(H,33,36). The van der Waals surface area contributed by atoms with Crippen molar-refractivity contribution in [1.29, 1.82) is 0 Å². The molecule has 0 radical (unpaired) electrons. The van der Waals surface area contributed by atoms with Crippen LogP contribution in [0.4, 0.5) is 11.4 Å². The second-order valence-electron chi connectivity index (χ2n) is 10.3. The number of nitrogens with zero attached hydrogens (tertiary/aromatic N) is 1. The number of hydrogen-bond donors (Lipinski definition) is 4. The molecule has 0 aromatic heterocycles. The number of sulfonamides is 1. The zero-order valence-corrected chi connectivity index (χ0v) is 23.5. The summed E-state index contributed by atoms with van der Waals surface area (Å²) in [6, 6.07) is 19.4. The third kappa shape index (κ3) is 6.81. The van der Waals surface area contributed by atoms with Crippen molar-refractivity contribution in [3.63, 3.8) is 0 Å². The first-order valence-corrected chi connectivity index (χ1v) is 14.9. The van der Waals surface area contributed by atoms with Crippen LogP contribution in [-0.2, 0) is 14.8 Å². The van der Waals surface area contributed by atoms with Gasteiger partial charge in [0.05, 0.1) is 16.3 Å². The Morgan fingerprint density at radius 3 is 2.20 bits per heavy atom. The third-order valence-corrected chi connectivity index (χ3v) is 8.76. The number of hydrogen-bond acceptors (Lipinski definition) is 6. The number of carbonyl (C=O) groups is 2. The predicted octanol–water partition coefficient (Wildman–Crippen LogP) is 3.79. The van der Waals surface area contributed by atoms with Gasteiger partial charge in [-0.1, -0.05) is 44.2 Å². The molecule has 2 amide bonds. The van der Waals surface area contributed by atoms with Crippen LogP contribution in [0.1, 0.15) is 37.0 Å². The smallest absolute Gasteiger partial charge is 0.268 e. The summed E-state index contributed by atoms with van der Waals surface area (Å²) in [5.74, 6) is -0.627. The molecule has 1 heterocycles. The molecule has 3 aromatic carbocycles. The Balaban J connectivity index is 1.51. The lowest BCUT2D eigenvalue weighted by Gasteiger charge is -2.26. The molecule has 1 fully saturated rings. The van der Waals surface area contributed by atoms with Gasteiger partial charge in [-0.3, -0.25) is 9.59 Å². The van der Waals surface area contributed by atoms with Crippen LogP contribution in [0.15, 0.2) is 83.8 Å². The van der Waals surface area contributed by atoms with E-state index in [0.29, 0.717) is 18.2 Å². The highest BCUT2D eigenvalue weighted by atomic mass is 32.2. The summed E-state index contributed by atoms with van der Waals surface area (Å²) in [4.78, 5) is 25.9. The number of rotatable bonds is 10. The molecule has 0 spiro atoms. The summed E-state index contributed by atoms with van der Waals surface area (Å²) in [6.07, 6.45) is 2.00. The quantitative estimate of drug-likeness (QED) is 0.297. The Kier molecular flexibility index (Phi) is 9.44. The van der Waals surface area contributed by atoms with Crippen molar-refractivity contribution in [1.82, 2.24) is 16.0 Å². The molecular weight excluding hydrogens is 528 g/mol. The molecule has 9 nitrogen and oxygen atoms in total. The van der Waals surface area contributed by atoms with E-state index in [1.165, 1.54) is 36.4 Å². The maximum absolute atomic E-state index is 13.8. The number of anilines is 2. The van der Waals surface area contributed by atoms with E-state index in [1.807, 2.05) is 13.8 Å². The van der Waals surface area contributed by atoms with Gasteiger partial charge in [0.25, 0.3) is 15.9 Å². The van der Waals surface area contributed by atoms with Crippen LogP contribution in [0.5, 0.6) is 5.75 Å². The predicted molar refractivity (Wildman–Crippen MR) is 155 cm³/mol. The molecule has 10 heteroatoms. The molecule has 0 aliphatic carbocycles. The monoisotopic (exact) mass is 564 g/mol. The van der Waals surface area contributed by atoms with Crippen LogP contribution in [0, 0.1) is 11.8 Å². The first kappa shape index (κ1) is 29.1. The largest absolute Gasteiger partial charge is 0.506 e. The highest BCUT2D eigenvalue weighted by Gasteiger charge is 2.30. The van der Waals surface area contributed by atoms with Gasteiger partial charge in [-0.05, 0) is 86.3 Å². The fourth-order valence-electron chi connectivity index (χ4n) is 4.69. The number of phenols is 1. The molecule has 40 heavy (non-hydrogen) atoms. The second-order valence-corrected chi connectivity index (χ2v) is 12.0. The number of para-hydroxylation sites is 3. The van der Waals surface area contributed by atoms with Crippen molar-refractivity contribution in [2.75, 3.05) is 23.9 Å². The van der Waals surface area contributed by atoms with Crippen LogP contribution in [-0.4, -0.2) is 51.0 Å². The summed E-state index contributed by atoms with van der Waals surface area (Å²) in [5.41, 5.74) is 0.677. The molecule has 0 bridgehead atoms. The van der Waals surface area contributed by atoms with Crippen molar-refractivity contribution in [2.45, 2.75) is 37.6 Å². The summed E-state index contributed by atoms with van der Waals surface area (Å²) in [6.45, 7) is 6.17. The van der Waals surface area contributed by atoms with Gasteiger partial charge in [-0.25, -0.2) is 12.7 Å². The van der Waals surface area contributed by atoms with Crippen LogP contribution in [0.3, 0.4) is 0 Å². The van der Waals surface area contributed by atoms with Gasteiger partial charge in [0, 0.05) is 12.1 Å². The molecule has 4 rings (SSSR count). The van der Waals surface area contributed by atoms with Crippen molar-refractivity contribution in [3.05, 3.63) is 84.4 Å². The highest BCUT2D eigenvalue weighted by Crippen LogP contribution is 2.37. The van der Waals surface area contributed by atoms with Gasteiger partial charge in [0.15, 0.2) is 0 Å². The average molecular weight is 565 g/mol. The number of aromatic hydroxyl groups is 1. The number of piperidine rings is 1. The first-order valence-electron chi connectivity index (χ1n) is 13.5. The molecule has 3 aromatic rings. The Labute approximate surface area is 235 Å². The van der Waals surface area contributed by atoms with Crippen molar-refractivity contribution >= 4 is 33.2 Å². The van der Waals surface area contributed by atoms with Crippen LogP contribution >= 0.6 is 0 Å². The van der Waals surface area contributed by atoms with Gasteiger partial charge < -0.3 is 21.1 Å². The SMILES string of the molecule is CC(C)C(NC(=O)c1ccc(S(=O)(=O)N(c2ccccc2)c2ccccc2O)cc1)C(=O)NCC1CCNCC1. The zero-order valence-electron chi connectivity index (χ0n) is 22.7. The summed E-state index contributed by atoms with van der Waals surface area (Å²) < 4.78 is 28.6. The Morgan fingerprint density at radius 1 is 0.950 bits per heavy atom. The van der Waals surface area contributed by atoms with E-state index >= 15 is 0 Å². The van der Waals surface area contributed by atoms with Crippen molar-refractivity contribution in [3.8, 4) is 5.75 Å². The Morgan fingerprint density at radius 2 is 1.57 bits per heavy atom. The highest BCUT2D eigenvalue weighted by molar-refractivity contribution is 7.93. The number of carbonyl (C=O) groups excluding carboxylic acids is 2. The maximum Gasteiger partial charge on any atom is 0.268 e. The van der Waals surface area contributed by atoms with E-state index in [0.717, 1.165) is 30.2 Å². The van der Waals surface area contributed by atoms with Crippen LogP contribution in [0.25, 0.3) is 0 Å².